The van der Waals surface area contributed by atoms with E-state index < -0.39 is 0 Å². The standard InChI is InChI=1S/C10H18N2O/c1-4-9(3)12-7-6-10(11-12)8-13-5-2/h6-7,9H,4-5,8H2,1-3H3. The number of hydrogen-bond acceptors (Lipinski definition) is 2. The normalized spacial score (nSPS) is 13.2. The van der Waals surface area contributed by atoms with Crippen LogP contribution in [0.1, 0.15) is 38.9 Å². The van der Waals surface area contributed by atoms with Crippen LogP contribution in [0.3, 0.4) is 0 Å². The molecule has 1 aromatic heterocycles. The van der Waals surface area contributed by atoms with Crippen LogP contribution in [-0.2, 0) is 11.3 Å². The third-order valence-corrected chi connectivity index (χ3v) is 2.16. The van der Waals surface area contributed by atoms with Crippen molar-refractivity contribution >= 4 is 0 Å². The molecule has 74 valence electrons. The smallest absolute Gasteiger partial charge is 0.0906 e. The molecule has 3 heteroatoms. The molecule has 0 radical (unpaired) electrons. The van der Waals surface area contributed by atoms with Crippen LogP contribution in [-0.4, -0.2) is 16.4 Å². The lowest BCUT2D eigenvalue weighted by Gasteiger charge is -2.07. The van der Waals surface area contributed by atoms with Gasteiger partial charge in [-0.2, -0.15) is 5.10 Å². The Hall–Kier alpha value is -0.830. The van der Waals surface area contributed by atoms with Gasteiger partial charge in [0.05, 0.1) is 12.3 Å². The van der Waals surface area contributed by atoms with Gasteiger partial charge in [-0.15, -0.1) is 0 Å². The second kappa shape index (κ2) is 5.02. The average molecular weight is 182 g/mol. The van der Waals surface area contributed by atoms with Crippen molar-refractivity contribution in [2.45, 2.75) is 39.8 Å². The number of nitrogens with zero attached hydrogens (tertiary/aromatic N) is 2. The third kappa shape index (κ3) is 2.84. The average Bonchev–Trinajstić information content (AvgIpc) is 2.62. The Labute approximate surface area is 79.7 Å². The van der Waals surface area contributed by atoms with Gasteiger partial charge in [0.1, 0.15) is 0 Å². The van der Waals surface area contributed by atoms with Crippen LogP contribution < -0.4 is 0 Å². The van der Waals surface area contributed by atoms with Crippen LogP contribution in [0, 0.1) is 0 Å². The van der Waals surface area contributed by atoms with E-state index in [0.717, 1.165) is 18.7 Å². The van der Waals surface area contributed by atoms with Crippen LogP contribution >= 0.6 is 0 Å². The Bertz CT molecular complexity index is 245. The molecule has 0 N–H and O–H groups in total. The van der Waals surface area contributed by atoms with E-state index in [9.17, 15) is 0 Å². The summed E-state index contributed by atoms with van der Waals surface area (Å²) in [6.45, 7) is 7.69. The van der Waals surface area contributed by atoms with Gasteiger partial charge < -0.3 is 4.74 Å². The minimum atomic E-state index is 0.482. The number of ether oxygens (including phenoxy) is 1. The Kier molecular flexibility index (Phi) is 3.96. The summed E-state index contributed by atoms with van der Waals surface area (Å²) >= 11 is 0. The maximum absolute atomic E-state index is 5.27. The molecule has 1 aromatic rings. The van der Waals surface area contributed by atoms with Gasteiger partial charge in [-0.1, -0.05) is 6.92 Å². The van der Waals surface area contributed by atoms with Crippen LogP contribution in [0.4, 0.5) is 0 Å². The van der Waals surface area contributed by atoms with Crippen molar-refractivity contribution in [3.8, 4) is 0 Å². The summed E-state index contributed by atoms with van der Waals surface area (Å²) in [6.07, 6.45) is 3.12. The largest absolute Gasteiger partial charge is 0.375 e. The SMILES string of the molecule is CCOCc1ccn(C(C)CC)n1. The molecule has 0 bridgehead atoms. The lowest BCUT2D eigenvalue weighted by Crippen LogP contribution is -2.05. The van der Waals surface area contributed by atoms with Crippen molar-refractivity contribution in [2.24, 2.45) is 0 Å². The number of aromatic nitrogens is 2. The zero-order chi connectivity index (χ0) is 9.68. The third-order valence-electron chi connectivity index (χ3n) is 2.16. The quantitative estimate of drug-likeness (QED) is 0.699. The van der Waals surface area contributed by atoms with Gasteiger partial charge in [0, 0.05) is 18.8 Å². The van der Waals surface area contributed by atoms with E-state index in [1.54, 1.807) is 0 Å². The summed E-state index contributed by atoms with van der Waals surface area (Å²) in [6, 6.07) is 2.50. The first-order chi connectivity index (χ1) is 6.27. The molecule has 0 saturated carbocycles. The van der Waals surface area contributed by atoms with Crippen LogP contribution in [0.25, 0.3) is 0 Å². The molecule has 1 atom stereocenters. The van der Waals surface area contributed by atoms with Gasteiger partial charge in [0.25, 0.3) is 0 Å². The highest BCUT2D eigenvalue weighted by Crippen LogP contribution is 2.09. The molecule has 0 spiro atoms. The minimum absolute atomic E-state index is 0.482. The maximum atomic E-state index is 5.27. The van der Waals surface area contributed by atoms with Gasteiger partial charge in [-0.3, -0.25) is 4.68 Å². The number of hydrogen-bond donors (Lipinski definition) is 0. The maximum Gasteiger partial charge on any atom is 0.0906 e. The molecule has 1 rings (SSSR count). The highest BCUT2D eigenvalue weighted by Gasteiger charge is 2.03. The topological polar surface area (TPSA) is 27.1 Å². The molecule has 0 aliphatic rings. The first-order valence-electron chi connectivity index (χ1n) is 4.89. The second-order valence-electron chi connectivity index (χ2n) is 3.18. The van der Waals surface area contributed by atoms with Crippen LogP contribution in [0.15, 0.2) is 12.3 Å². The fourth-order valence-corrected chi connectivity index (χ4v) is 1.09. The lowest BCUT2D eigenvalue weighted by molar-refractivity contribution is 0.130. The summed E-state index contributed by atoms with van der Waals surface area (Å²) in [4.78, 5) is 0. The van der Waals surface area contributed by atoms with E-state index in [1.165, 1.54) is 0 Å². The van der Waals surface area contributed by atoms with Crippen molar-refractivity contribution in [2.75, 3.05) is 6.61 Å². The van der Waals surface area contributed by atoms with Crippen LogP contribution in [0.2, 0.25) is 0 Å². The molecule has 0 aromatic carbocycles. The summed E-state index contributed by atoms with van der Waals surface area (Å²) in [5.74, 6) is 0. The molecule has 0 saturated heterocycles. The second-order valence-corrected chi connectivity index (χ2v) is 3.18. The van der Waals surface area contributed by atoms with Crippen LogP contribution in [0.5, 0.6) is 0 Å². The summed E-state index contributed by atoms with van der Waals surface area (Å²) in [7, 11) is 0. The number of rotatable bonds is 5. The highest BCUT2D eigenvalue weighted by molar-refractivity contribution is 4.97. The Balaban J connectivity index is 2.53. The summed E-state index contributed by atoms with van der Waals surface area (Å²) < 4.78 is 7.26. The van der Waals surface area contributed by atoms with Crippen molar-refractivity contribution in [3.05, 3.63) is 18.0 Å². The molecule has 1 unspecified atom stereocenters. The molecule has 0 amide bonds. The van der Waals surface area contributed by atoms with Gasteiger partial charge in [0.15, 0.2) is 0 Å². The molecule has 0 aliphatic carbocycles. The van der Waals surface area contributed by atoms with E-state index in [0.29, 0.717) is 12.6 Å². The summed E-state index contributed by atoms with van der Waals surface area (Å²) in [5, 5.41) is 4.41. The first-order valence-corrected chi connectivity index (χ1v) is 4.89. The summed E-state index contributed by atoms with van der Waals surface area (Å²) in [5.41, 5.74) is 1.02. The highest BCUT2D eigenvalue weighted by atomic mass is 16.5. The predicted octanol–water partition coefficient (Wildman–Crippen LogP) is 2.39. The Morgan fingerprint density at radius 3 is 2.92 bits per heavy atom. The van der Waals surface area contributed by atoms with Crippen molar-refractivity contribution in [1.82, 2.24) is 9.78 Å². The van der Waals surface area contributed by atoms with Crippen molar-refractivity contribution < 1.29 is 4.74 Å². The molecular weight excluding hydrogens is 164 g/mol. The fourth-order valence-electron chi connectivity index (χ4n) is 1.09. The molecule has 3 nitrogen and oxygen atoms in total. The predicted molar refractivity (Wildman–Crippen MR) is 52.6 cm³/mol. The minimum Gasteiger partial charge on any atom is -0.375 e. The van der Waals surface area contributed by atoms with E-state index in [4.69, 9.17) is 4.74 Å². The van der Waals surface area contributed by atoms with E-state index >= 15 is 0 Å². The monoisotopic (exact) mass is 182 g/mol. The molecule has 13 heavy (non-hydrogen) atoms. The van der Waals surface area contributed by atoms with Gasteiger partial charge in [-0.05, 0) is 26.3 Å². The van der Waals surface area contributed by atoms with Gasteiger partial charge in [0.2, 0.25) is 0 Å². The van der Waals surface area contributed by atoms with Gasteiger partial charge in [-0.25, -0.2) is 0 Å². The molecule has 0 fully saturated rings. The van der Waals surface area contributed by atoms with E-state index in [-0.39, 0.29) is 0 Å². The Morgan fingerprint density at radius 2 is 2.31 bits per heavy atom. The van der Waals surface area contributed by atoms with Crippen molar-refractivity contribution in [3.63, 3.8) is 0 Å². The zero-order valence-electron chi connectivity index (χ0n) is 8.66. The molecule has 1 heterocycles. The van der Waals surface area contributed by atoms with E-state index in [2.05, 4.69) is 18.9 Å². The Morgan fingerprint density at radius 1 is 1.54 bits per heavy atom. The van der Waals surface area contributed by atoms with Gasteiger partial charge >= 0.3 is 0 Å². The molecule has 0 aliphatic heterocycles. The lowest BCUT2D eigenvalue weighted by atomic mass is 10.3. The molecular formula is C10H18N2O. The fraction of sp³-hybridized carbons (Fsp3) is 0.700. The zero-order valence-corrected chi connectivity index (χ0v) is 8.66. The first kappa shape index (κ1) is 10.3. The van der Waals surface area contributed by atoms with Crippen molar-refractivity contribution in [1.29, 1.82) is 0 Å². The van der Waals surface area contributed by atoms with E-state index in [1.807, 2.05) is 23.9 Å².